The van der Waals surface area contributed by atoms with Gasteiger partial charge in [0.15, 0.2) is 0 Å². The van der Waals surface area contributed by atoms with E-state index in [1.54, 1.807) is 0 Å². The normalized spacial score (nSPS) is 39.5. The van der Waals surface area contributed by atoms with Gasteiger partial charge in [0.2, 0.25) is 0 Å². The van der Waals surface area contributed by atoms with Crippen molar-refractivity contribution in [1.82, 2.24) is 0 Å². The maximum atomic E-state index is 6.04. The molecule has 0 bridgehead atoms. The number of rotatable bonds is 2. The fraction of sp³-hybridized carbons (Fsp3) is 1.00. The molecule has 2 nitrogen and oxygen atoms in total. The molecule has 12 heavy (non-hydrogen) atoms. The lowest BCUT2D eigenvalue weighted by Gasteiger charge is -2.34. The van der Waals surface area contributed by atoms with Gasteiger partial charge >= 0.3 is 0 Å². The Bertz CT molecular complexity index is 131. The average Bonchev–Trinajstić information content (AvgIpc) is 1.93. The summed E-state index contributed by atoms with van der Waals surface area (Å²) in [6, 6.07) is 0.358. The van der Waals surface area contributed by atoms with Crippen LogP contribution in [0.1, 0.15) is 46.0 Å². The summed E-state index contributed by atoms with van der Waals surface area (Å²) in [5.41, 5.74) is 11.9. The van der Waals surface area contributed by atoms with Gasteiger partial charge in [0.05, 0.1) is 0 Å². The molecular formula is C10H22N2. The Morgan fingerprint density at radius 1 is 1.42 bits per heavy atom. The molecule has 0 radical (unpaired) electrons. The van der Waals surface area contributed by atoms with Crippen molar-refractivity contribution < 1.29 is 0 Å². The van der Waals surface area contributed by atoms with Crippen LogP contribution in [0.25, 0.3) is 0 Å². The quantitative estimate of drug-likeness (QED) is 0.662. The van der Waals surface area contributed by atoms with Crippen molar-refractivity contribution in [2.75, 3.05) is 0 Å². The van der Waals surface area contributed by atoms with Crippen LogP contribution < -0.4 is 11.5 Å². The van der Waals surface area contributed by atoms with Crippen molar-refractivity contribution >= 4 is 0 Å². The molecule has 2 heteroatoms. The van der Waals surface area contributed by atoms with Crippen LogP contribution in [0.15, 0.2) is 0 Å². The third kappa shape index (κ3) is 3.11. The highest BCUT2D eigenvalue weighted by molar-refractivity contribution is 4.86. The highest BCUT2D eigenvalue weighted by Gasteiger charge is 2.27. The molecule has 1 aliphatic rings. The summed E-state index contributed by atoms with van der Waals surface area (Å²) >= 11 is 0. The maximum absolute atomic E-state index is 6.04. The first-order valence-corrected chi connectivity index (χ1v) is 5.04. The van der Waals surface area contributed by atoms with Crippen molar-refractivity contribution in [1.29, 1.82) is 0 Å². The molecule has 4 N–H and O–H groups in total. The fourth-order valence-corrected chi connectivity index (χ4v) is 2.10. The van der Waals surface area contributed by atoms with Gasteiger partial charge in [-0.25, -0.2) is 0 Å². The number of nitrogens with two attached hydrogens (primary N) is 2. The topological polar surface area (TPSA) is 52.0 Å². The largest absolute Gasteiger partial charge is 0.328 e. The molecule has 1 rings (SSSR count). The molecule has 1 unspecified atom stereocenters. The van der Waals surface area contributed by atoms with Gasteiger partial charge in [0.25, 0.3) is 0 Å². The molecular weight excluding hydrogens is 148 g/mol. The van der Waals surface area contributed by atoms with Gasteiger partial charge in [-0.3, -0.25) is 0 Å². The minimum atomic E-state index is 0.105. The predicted octanol–water partition coefficient (Wildman–Crippen LogP) is 1.63. The van der Waals surface area contributed by atoms with E-state index in [1.165, 1.54) is 32.1 Å². The van der Waals surface area contributed by atoms with Crippen LogP contribution in [0, 0.1) is 5.92 Å². The van der Waals surface area contributed by atoms with Gasteiger partial charge in [-0.05, 0) is 51.9 Å². The van der Waals surface area contributed by atoms with Crippen molar-refractivity contribution in [3.8, 4) is 0 Å². The van der Waals surface area contributed by atoms with E-state index in [-0.39, 0.29) is 5.54 Å². The third-order valence-corrected chi connectivity index (χ3v) is 2.95. The Kier molecular flexibility index (Phi) is 3.13. The zero-order chi connectivity index (χ0) is 9.19. The molecule has 72 valence electrons. The minimum absolute atomic E-state index is 0.105. The maximum Gasteiger partial charge on any atom is 0.0126 e. The molecule has 0 amide bonds. The van der Waals surface area contributed by atoms with Crippen LogP contribution in [0.5, 0.6) is 0 Å². The number of hydrogen-bond donors (Lipinski definition) is 2. The van der Waals surface area contributed by atoms with E-state index in [9.17, 15) is 0 Å². The zero-order valence-electron chi connectivity index (χ0n) is 8.34. The Labute approximate surface area is 75.7 Å². The van der Waals surface area contributed by atoms with E-state index < -0.39 is 0 Å². The van der Waals surface area contributed by atoms with Crippen LogP contribution >= 0.6 is 0 Å². The van der Waals surface area contributed by atoms with E-state index in [0.717, 1.165) is 5.92 Å². The van der Waals surface area contributed by atoms with Crippen LogP contribution in [-0.2, 0) is 0 Å². The summed E-state index contributed by atoms with van der Waals surface area (Å²) in [4.78, 5) is 0. The summed E-state index contributed by atoms with van der Waals surface area (Å²) in [5.74, 6) is 0.835. The monoisotopic (exact) mass is 170 g/mol. The van der Waals surface area contributed by atoms with E-state index >= 15 is 0 Å². The van der Waals surface area contributed by atoms with Crippen molar-refractivity contribution in [3.05, 3.63) is 0 Å². The van der Waals surface area contributed by atoms with Gasteiger partial charge in [0.1, 0.15) is 0 Å². The van der Waals surface area contributed by atoms with Crippen molar-refractivity contribution in [3.63, 3.8) is 0 Å². The summed E-state index contributed by atoms with van der Waals surface area (Å²) in [5, 5.41) is 0. The minimum Gasteiger partial charge on any atom is -0.328 e. The van der Waals surface area contributed by atoms with Crippen molar-refractivity contribution in [2.24, 2.45) is 17.4 Å². The zero-order valence-corrected chi connectivity index (χ0v) is 8.34. The second-order valence-electron chi connectivity index (χ2n) is 4.81. The molecule has 1 fully saturated rings. The van der Waals surface area contributed by atoms with Crippen molar-refractivity contribution in [2.45, 2.75) is 57.5 Å². The smallest absolute Gasteiger partial charge is 0.0126 e. The Hall–Kier alpha value is -0.0800. The SMILES string of the molecule is CC(N)CC1CCC(C)(N)CC1. The molecule has 0 aromatic carbocycles. The second-order valence-corrected chi connectivity index (χ2v) is 4.81. The average molecular weight is 170 g/mol. The van der Waals surface area contributed by atoms with Crippen LogP contribution in [0.3, 0.4) is 0 Å². The Morgan fingerprint density at radius 3 is 2.33 bits per heavy atom. The summed E-state index contributed by atoms with van der Waals surface area (Å²) < 4.78 is 0. The highest BCUT2D eigenvalue weighted by Crippen LogP contribution is 2.32. The Balaban J connectivity index is 2.27. The molecule has 1 saturated carbocycles. The molecule has 1 atom stereocenters. The third-order valence-electron chi connectivity index (χ3n) is 2.95. The molecule has 1 aliphatic carbocycles. The fourth-order valence-electron chi connectivity index (χ4n) is 2.10. The van der Waals surface area contributed by atoms with Crippen LogP contribution in [0.2, 0.25) is 0 Å². The summed E-state index contributed by atoms with van der Waals surface area (Å²) in [6.45, 7) is 4.26. The molecule has 0 heterocycles. The van der Waals surface area contributed by atoms with E-state index in [1.807, 2.05) is 0 Å². The lowest BCUT2D eigenvalue weighted by atomic mass is 9.76. The molecule has 0 spiro atoms. The lowest BCUT2D eigenvalue weighted by Crippen LogP contribution is -2.40. The number of hydrogen-bond acceptors (Lipinski definition) is 2. The molecule has 0 aromatic heterocycles. The lowest BCUT2D eigenvalue weighted by molar-refractivity contribution is 0.235. The van der Waals surface area contributed by atoms with Crippen LogP contribution in [-0.4, -0.2) is 11.6 Å². The first-order valence-electron chi connectivity index (χ1n) is 5.04. The highest BCUT2D eigenvalue weighted by atomic mass is 14.7. The molecule has 0 aromatic rings. The summed E-state index contributed by atoms with van der Waals surface area (Å²) in [6.07, 6.45) is 6.06. The standard InChI is InChI=1S/C10H22N2/c1-8(11)7-9-3-5-10(2,12)6-4-9/h8-9H,3-7,11-12H2,1-2H3. The van der Waals surface area contributed by atoms with E-state index in [2.05, 4.69) is 13.8 Å². The van der Waals surface area contributed by atoms with Gasteiger partial charge in [0, 0.05) is 11.6 Å². The molecule has 0 aliphatic heterocycles. The van der Waals surface area contributed by atoms with Gasteiger partial charge in [-0.2, -0.15) is 0 Å². The van der Waals surface area contributed by atoms with Gasteiger partial charge in [-0.1, -0.05) is 0 Å². The van der Waals surface area contributed by atoms with Crippen LogP contribution in [0.4, 0.5) is 0 Å². The first-order chi connectivity index (χ1) is 5.49. The molecule has 0 saturated heterocycles. The predicted molar refractivity (Wildman–Crippen MR) is 52.8 cm³/mol. The first kappa shape index (κ1) is 10.0. The second kappa shape index (κ2) is 3.75. The van der Waals surface area contributed by atoms with Gasteiger partial charge < -0.3 is 11.5 Å². The Morgan fingerprint density at radius 2 is 1.92 bits per heavy atom. The van der Waals surface area contributed by atoms with E-state index in [0.29, 0.717) is 6.04 Å². The van der Waals surface area contributed by atoms with Gasteiger partial charge in [-0.15, -0.1) is 0 Å². The van der Waals surface area contributed by atoms with E-state index in [4.69, 9.17) is 11.5 Å². The summed E-state index contributed by atoms with van der Waals surface area (Å²) in [7, 11) is 0.